The molecule has 13 heavy (non-hydrogen) atoms. The lowest BCUT2D eigenvalue weighted by molar-refractivity contribution is 0.302. The lowest BCUT2D eigenvalue weighted by Crippen LogP contribution is -2.32. The fraction of sp³-hybridized carbons (Fsp3) is 1.00. The molecule has 0 fully saturated rings. The van der Waals surface area contributed by atoms with Crippen molar-refractivity contribution in [2.24, 2.45) is 0 Å². The molecule has 0 atom stereocenters. The molecule has 0 saturated carbocycles. The number of hydrogen-bond donors (Lipinski definition) is 1. The Hall–Kier alpha value is 0.400. The van der Waals surface area contributed by atoms with Crippen molar-refractivity contribution in [1.82, 2.24) is 10.2 Å². The second kappa shape index (κ2) is 10.5. The molecule has 0 rings (SSSR count). The number of nitrogens with one attached hydrogen (secondary N) is 1. The van der Waals surface area contributed by atoms with E-state index in [1.165, 1.54) is 32.5 Å². The van der Waals surface area contributed by atoms with Crippen molar-refractivity contribution in [3.05, 3.63) is 0 Å². The smallest absolute Gasteiger partial charge is 0.0107 e. The van der Waals surface area contributed by atoms with Gasteiger partial charge in [-0.15, -0.1) is 0 Å². The highest BCUT2D eigenvalue weighted by atomic mass is 79.9. The molecule has 1 N–H and O–H groups in total. The Kier molecular flexibility index (Phi) is 10.8. The molecule has 0 amide bonds. The second-order valence-corrected chi connectivity index (χ2v) is 3.97. The van der Waals surface area contributed by atoms with E-state index >= 15 is 0 Å². The Morgan fingerprint density at radius 2 is 1.77 bits per heavy atom. The quantitative estimate of drug-likeness (QED) is 0.498. The van der Waals surface area contributed by atoms with Crippen LogP contribution >= 0.6 is 15.9 Å². The molecule has 0 unspecified atom stereocenters. The maximum Gasteiger partial charge on any atom is 0.0107 e. The molecular weight excluding hydrogens is 228 g/mol. The van der Waals surface area contributed by atoms with Crippen LogP contribution in [0.3, 0.4) is 0 Å². The van der Waals surface area contributed by atoms with Crippen molar-refractivity contribution in [2.45, 2.75) is 26.7 Å². The van der Waals surface area contributed by atoms with Crippen molar-refractivity contribution in [3.63, 3.8) is 0 Å². The zero-order valence-corrected chi connectivity index (χ0v) is 10.6. The molecular formula is C10H23BrN2. The topological polar surface area (TPSA) is 15.3 Å². The van der Waals surface area contributed by atoms with Crippen LogP contribution in [0.2, 0.25) is 0 Å². The number of alkyl halides is 1. The van der Waals surface area contributed by atoms with Crippen LogP contribution in [-0.2, 0) is 0 Å². The first-order valence-corrected chi connectivity index (χ1v) is 6.46. The molecule has 0 bridgehead atoms. The Morgan fingerprint density at radius 1 is 1.08 bits per heavy atom. The summed E-state index contributed by atoms with van der Waals surface area (Å²) in [7, 11) is 0. The maximum absolute atomic E-state index is 3.46. The molecule has 0 aliphatic carbocycles. The van der Waals surface area contributed by atoms with E-state index < -0.39 is 0 Å². The van der Waals surface area contributed by atoms with Gasteiger partial charge in [0.1, 0.15) is 0 Å². The van der Waals surface area contributed by atoms with Crippen molar-refractivity contribution in [3.8, 4) is 0 Å². The van der Waals surface area contributed by atoms with Crippen molar-refractivity contribution in [1.29, 1.82) is 0 Å². The van der Waals surface area contributed by atoms with E-state index in [9.17, 15) is 0 Å². The lowest BCUT2D eigenvalue weighted by Gasteiger charge is -2.17. The lowest BCUT2D eigenvalue weighted by atomic mass is 10.3. The number of hydrogen-bond acceptors (Lipinski definition) is 2. The van der Waals surface area contributed by atoms with Crippen LogP contribution in [0.1, 0.15) is 26.7 Å². The molecule has 0 aromatic rings. The summed E-state index contributed by atoms with van der Waals surface area (Å²) in [4.78, 5) is 2.44. The molecule has 0 spiro atoms. The molecule has 0 heterocycles. The summed E-state index contributed by atoms with van der Waals surface area (Å²) in [5, 5.41) is 4.59. The van der Waals surface area contributed by atoms with Crippen LogP contribution in [0.25, 0.3) is 0 Å². The Bertz CT molecular complexity index is 94.9. The van der Waals surface area contributed by atoms with E-state index in [0.29, 0.717) is 0 Å². The Morgan fingerprint density at radius 3 is 2.31 bits per heavy atom. The van der Waals surface area contributed by atoms with E-state index in [1.54, 1.807) is 0 Å². The molecule has 0 saturated heterocycles. The Balaban J connectivity index is 3.05. The van der Waals surface area contributed by atoms with Crippen LogP contribution in [0.5, 0.6) is 0 Å². The molecule has 0 aromatic heterocycles. The summed E-state index contributed by atoms with van der Waals surface area (Å²) in [6, 6.07) is 0. The largest absolute Gasteiger partial charge is 0.315 e. The zero-order valence-electron chi connectivity index (χ0n) is 8.98. The van der Waals surface area contributed by atoms with E-state index in [4.69, 9.17) is 0 Å². The van der Waals surface area contributed by atoms with E-state index in [2.05, 4.69) is 40.0 Å². The number of nitrogens with zero attached hydrogens (tertiary/aromatic N) is 1. The summed E-state index contributed by atoms with van der Waals surface area (Å²) in [6.45, 7) is 10.2. The third kappa shape index (κ3) is 8.72. The minimum Gasteiger partial charge on any atom is -0.315 e. The van der Waals surface area contributed by atoms with E-state index in [1.807, 2.05) is 0 Å². The van der Waals surface area contributed by atoms with Gasteiger partial charge in [-0.2, -0.15) is 0 Å². The first-order valence-electron chi connectivity index (χ1n) is 5.34. The van der Waals surface area contributed by atoms with Crippen LogP contribution in [0.15, 0.2) is 0 Å². The highest BCUT2D eigenvalue weighted by Gasteiger charge is 1.96. The fourth-order valence-corrected chi connectivity index (χ4v) is 1.64. The summed E-state index contributed by atoms with van der Waals surface area (Å²) in [5.41, 5.74) is 0. The van der Waals surface area contributed by atoms with Gasteiger partial charge in [0.05, 0.1) is 0 Å². The van der Waals surface area contributed by atoms with Crippen LogP contribution in [0, 0.1) is 0 Å². The van der Waals surface area contributed by atoms with Crippen LogP contribution in [-0.4, -0.2) is 43.0 Å². The van der Waals surface area contributed by atoms with Gasteiger partial charge in [0.2, 0.25) is 0 Å². The van der Waals surface area contributed by atoms with Gasteiger partial charge in [-0.25, -0.2) is 0 Å². The van der Waals surface area contributed by atoms with Crippen molar-refractivity contribution >= 4 is 15.9 Å². The second-order valence-electron chi connectivity index (χ2n) is 3.17. The summed E-state index contributed by atoms with van der Waals surface area (Å²) < 4.78 is 0. The SMILES string of the molecule is CCN(CC)CCNCCCCBr. The van der Waals surface area contributed by atoms with Crippen molar-refractivity contribution in [2.75, 3.05) is 38.1 Å². The molecule has 3 heteroatoms. The van der Waals surface area contributed by atoms with Gasteiger partial charge >= 0.3 is 0 Å². The predicted octanol–water partition coefficient (Wildman–Crippen LogP) is 2.09. The molecule has 0 radical (unpaired) electrons. The number of halogens is 1. The molecule has 0 aliphatic rings. The number of likely N-dealkylation sites (N-methyl/N-ethyl adjacent to an activating group) is 1. The predicted molar refractivity (Wildman–Crippen MR) is 63.7 cm³/mol. The van der Waals surface area contributed by atoms with Crippen LogP contribution in [0.4, 0.5) is 0 Å². The minimum atomic E-state index is 1.13. The van der Waals surface area contributed by atoms with Gasteiger partial charge in [0.15, 0.2) is 0 Å². The molecule has 2 nitrogen and oxygen atoms in total. The van der Waals surface area contributed by atoms with Gasteiger partial charge in [0.25, 0.3) is 0 Å². The first kappa shape index (κ1) is 13.4. The normalized spacial score (nSPS) is 11.1. The zero-order chi connectivity index (χ0) is 9.94. The molecule has 0 aromatic carbocycles. The summed E-state index contributed by atoms with van der Waals surface area (Å²) >= 11 is 3.43. The minimum absolute atomic E-state index is 1.13. The van der Waals surface area contributed by atoms with Crippen LogP contribution < -0.4 is 5.32 Å². The van der Waals surface area contributed by atoms with E-state index in [0.717, 1.165) is 18.4 Å². The van der Waals surface area contributed by atoms with Crippen molar-refractivity contribution < 1.29 is 0 Å². The third-order valence-electron chi connectivity index (χ3n) is 2.24. The monoisotopic (exact) mass is 250 g/mol. The van der Waals surface area contributed by atoms with Gasteiger partial charge < -0.3 is 10.2 Å². The third-order valence-corrected chi connectivity index (χ3v) is 2.80. The number of unbranched alkanes of at least 4 members (excludes halogenated alkanes) is 1. The average molecular weight is 251 g/mol. The van der Waals surface area contributed by atoms with Gasteiger partial charge in [-0.3, -0.25) is 0 Å². The molecule has 0 aliphatic heterocycles. The first-order chi connectivity index (χ1) is 6.35. The molecule has 80 valence electrons. The Labute approximate surface area is 91.2 Å². The summed E-state index contributed by atoms with van der Waals surface area (Å²) in [5.74, 6) is 0. The fourth-order valence-electron chi connectivity index (χ4n) is 1.25. The standard InChI is InChI=1S/C10H23BrN2/c1-3-13(4-2)10-9-12-8-6-5-7-11/h12H,3-10H2,1-2H3. The van der Waals surface area contributed by atoms with E-state index in [-0.39, 0.29) is 0 Å². The highest BCUT2D eigenvalue weighted by Crippen LogP contribution is 1.91. The average Bonchev–Trinajstić information content (AvgIpc) is 2.17. The highest BCUT2D eigenvalue weighted by molar-refractivity contribution is 9.09. The van der Waals surface area contributed by atoms with Gasteiger partial charge in [0, 0.05) is 18.4 Å². The number of rotatable bonds is 9. The van der Waals surface area contributed by atoms with Gasteiger partial charge in [-0.05, 0) is 32.5 Å². The van der Waals surface area contributed by atoms with Gasteiger partial charge in [-0.1, -0.05) is 29.8 Å². The maximum atomic E-state index is 3.46. The summed E-state index contributed by atoms with van der Waals surface area (Å²) in [6.07, 6.45) is 2.56.